The predicted molar refractivity (Wildman–Crippen MR) is 86.2 cm³/mol. The van der Waals surface area contributed by atoms with Crippen molar-refractivity contribution in [1.82, 2.24) is 4.98 Å². The monoisotopic (exact) mass is 332 g/mol. The lowest BCUT2D eigenvalue weighted by Gasteiger charge is -2.11. The Bertz CT molecular complexity index is 985. The number of nitrogens with one attached hydrogen (secondary N) is 2. The molecular weight excluding hydrogens is 323 g/mol. The van der Waals surface area contributed by atoms with Gasteiger partial charge in [0.1, 0.15) is 17.2 Å². The number of hydrogen-bond acceptors (Lipinski definition) is 3. The average Bonchev–Trinajstić information content (AvgIpc) is 2.46. The van der Waals surface area contributed by atoms with Crippen molar-refractivity contribution in [1.29, 1.82) is 0 Å². The molecule has 0 saturated carbocycles. The zero-order valence-corrected chi connectivity index (χ0v) is 12.3. The first kappa shape index (κ1) is 15.1. The minimum atomic E-state index is -1.39. The van der Waals surface area contributed by atoms with Gasteiger partial charge in [0, 0.05) is 16.1 Å². The van der Waals surface area contributed by atoms with Crippen LogP contribution in [-0.2, 0) is 0 Å². The highest BCUT2D eigenvalue weighted by atomic mass is 35.5. The van der Waals surface area contributed by atoms with Crippen LogP contribution in [0, 0.1) is 5.82 Å². The number of pyridine rings is 1. The molecule has 0 aliphatic rings. The zero-order chi connectivity index (χ0) is 16.6. The van der Waals surface area contributed by atoms with Crippen LogP contribution in [0.1, 0.15) is 10.4 Å². The highest BCUT2D eigenvalue weighted by Gasteiger charge is 2.18. The lowest BCUT2D eigenvalue weighted by Crippen LogP contribution is -2.19. The Labute approximate surface area is 134 Å². The van der Waals surface area contributed by atoms with Crippen LogP contribution >= 0.6 is 11.6 Å². The average molecular weight is 333 g/mol. The van der Waals surface area contributed by atoms with Crippen molar-refractivity contribution in [2.45, 2.75) is 0 Å². The van der Waals surface area contributed by atoms with Crippen LogP contribution in [0.4, 0.5) is 15.9 Å². The van der Waals surface area contributed by atoms with Gasteiger partial charge in [-0.2, -0.15) is 0 Å². The Morgan fingerprint density at radius 2 is 2.00 bits per heavy atom. The van der Waals surface area contributed by atoms with Crippen molar-refractivity contribution in [3.8, 4) is 0 Å². The number of aromatic carboxylic acids is 1. The first-order valence-electron chi connectivity index (χ1n) is 6.57. The van der Waals surface area contributed by atoms with Gasteiger partial charge in [-0.25, -0.2) is 9.18 Å². The van der Waals surface area contributed by atoms with Crippen LogP contribution in [0.25, 0.3) is 10.9 Å². The smallest absolute Gasteiger partial charge is 0.343 e. The molecule has 7 heteroatoms. The predicted octanol–water partition coefficient (Wildman–Crippen LogP) is 3.76. The molecule has 0 aliphatic heterocycles. The molecule has 3 aromatic rings. The third kappa shape index (κ3) is 2.89. The minimum Gasteiger partial charge on any atom is -0.477 e. The summed E-state index contributed by atoms with van der Waals surface area (Å²) >= 11 is 5.90. The van der Waals surface area contributed by atoms with E-state index >= 15 is 0 Å². The molecule has 0 unspecified atom stereocenters. The number of carbonyl (C=O) groups is 1. The molecule has 0 aliphatic carbocycles. The molecule has 3 N–H and O–H groups in total. The molecule has 0 fully saturated rings. The van der Waals surface area contributed by atoms with Crippen molar-refractivity contribution >= 4 is 40.0 Å². The molecule has 2 aromatic carbocycles. The molecule has 23 heavy (non-hydrogen) atoms. The standard InChI is InChI=1S/C16H10ClFN2O3/c17-8-4-5-11-12(6-8)20-15(13(14(11)21)16(22)23)19-10-3-1-2-9(18)7-10/h1-7H,(H,22,23)(H2,19,20,21). The number of hydrogen-bond donors (Lipinski definition) is 3. The second-order valence-electron chi connectivity index (χ2n) is 4.83. The molecule has 1 aromatic heterocycles. The number of carboxylic acid groups (broad SMARTS) is 1. The maximum atomic E-state index is 13.3. The van der Waals surface area contributed by atoms with Gasteiger partial charge in [-0.05, 0) is 36.4 Å². The second-order valence-corrected chi connectivity index (χ2v) is 5.27. The van der Waals surface area contributed by atoms with Crippen molar-refractivity contribution in [3.63, 3.8) is 0 Å². The maximum Gasteiger partial charge on any atom is 0.343 e. The van der Waals surface area contributed by atoms with E-state index in [0.29, 0.717) is 16.2 Å². The Balaban J connectivity index is 2.23. The summed E-state index contributed by atoms with van der Waals surface area (Å²) in [5.41, 5.74) is -0.415. The van der Waals surface area contributed by atoms with Crippen LogP contribution in [-0.4, -0.2) is 16.1 Å². The van der Waals surface area contributed by atoms with Gasteiger partial charge in [0.25, 0.3) is 0 Å². The van der Waals surface area contributed by atoms with Gasteiger partial charge in [0.05, 0.1) is 5.52 Å². The molecule has 0 saturated heterocycles. The van der Waals surface area contributed by atoms with Crippen LogP contribution in [0.3, 0.4) is 0 Å². The molecule has 3 rings (SSSR count). The lowest BCUT2D eigenvalue weighted by molar-refractivity contribution is 0.0696. The summed E-state index contributed by atoms with van der Waals surface area (Å²) < 4.78 is 13.3. The van der Waals surface area contributed by atoms with E-state index in [1.54, 1.807) is 6.07 Å². The minimum absolute atomic E-state index is 0.0390. The highest BCUT2D eigenvalue weighted by molar-refractivity contribution is 6.31. The third-order valence-electron chi connectivity index (χ3n) is 3.27. The van der Waals surface area contributed by atoms with Gasteiger partial charge in [-0.15, -0.1) is 0 Å². The Hall–Kier alpha value is -2.86. The van der Waals surface area contributed by atoms with Gasteiger partial charge < -0.3 is 15.4 Å². The topological polar surface area (TPSA) is 82.2 Å². The van der Waals surface area contributed by atoms with Gasteiger partial charge in [-0.1, -0.05) is 17.7 Å². The molecule has 0 radical (unpaired) electrons. The van der Waals surface area contributed by atoms with E-state index in [1.807, 2.05) is 0 Å². The summed E-state index contributed by atoms with van der Waals surface area (Å²) in [4.78, 5) is 26.7. The van der Waals surface area contributed by atoms with Crippen LogP contribution in [0.2, 0.25) is 5.02 Å². The Morgan fingerprint density at radius 1 is 1.22 bits per heavy atom. The normalized spacial score (nSPS) is 10.7. The van der Waals surface area contributed by atoms with Gasteiger partial charge in [0.15, 0.2) is 0 Å². The Morgan fingerprint density at radius 3 is 2.70 bits per heavy atom. The first-order chi connectivity index (χ1) is 11.0. The van der Waals surface area contributed by atoms with E-state index < -0.39 is 22.8 Å². The molecule has 5 nitrogen and oxygen atoms in total. The van der Waals surface area contributed by atoms with Gasteiger partial charge in [-0.3, -0.25) is 4.79 Å². The lowest BCUT2D eigenvalue weighted by atomic mass is 10.1. The summed E-state index contributed by atoms with van der Waals surface area (Å²) in [7, 11) is 0. The summed E-state index contributed by atoms with van der Waals surface area (Å²) in [6.45, 7) is 0. The van der Waals surface area contributed by atoms with E-state index in [1.165, 1.54) is 36.4 Å². The number of halogens is 2. The number of aromatic amines is 1. The molecule has 0 bridgehead atoms. The summed E-state index contributed by atoms with van der Waals surface area (Å²) in [6, 6.07) is 9.93. The van der Waals surface area contributed by atoms with Crippen molar-refractivity contribution in [3.05, 3.63) is 69.1 Å². The highest BCUT2D eigenvalue weighted by Crippen LogP contribution is 2.22. The molecular formula is C16H10ClFN2O3. The zero-order valence-electron chi connectivity index (χ0n) is 11.6. The van der Waals surface area contributed by atoms with E-state index in [4.69, 9.17) is 11.6 Å². The first-order valence-corrected chi connectivity index (χ1v) is 6.95. The van der Waals surface area contributed by atoms with Gasteiger partial charge >= 0.3 is 5.97 Å². The van der Waals surface area contributed by atoms with Crippen molar-refractivity contribution in [2.75, 3.05) is 5.32 Å². The van der Waals surface area contributed by atoms with Crippen LogP contribution < -0.4 is 10.7 Å². The number of aromatic nitrogens is 1. The van der Waals surface area contributed by atoms with E-state index in [2.05, 4.69) is 10.3 Å². The number of fused-ring (bicyclic) bond motifs is 1. The SMILES string of the molecule is O=C(O)c1c(Nc2cccc(F)c2)[nH]c2cc(Cl)ccc2c1=O. The quantitative estimate of drug-likeness (QED) is 0.682. The Kier molecular flexibility index (Phi) is 3.75. The molecule has 1 heterocycles. The largest absolute Gasteiger partial charge is 0.477 e. The van der Waals surface area contributed by atoms with E-state index in [-0.39, 0.29) is 11.2 Å². The molecule has 0 spiro atoms. The molecule has 116 valence electrons. The summed E-state index contributed by atoms with van der Waals surface area (Å²) in [5.74, 6) is -1.91. The second kappa shape index (κ2) is 5.73. The fourth-order valence-electron chi connectivity index (χ4n) is 2.27. The molecule has 0 amide bonds. The number of rotatable bonds is 3. The van der Waals surface area contributed by atoms with Gasteiger partial charge in [0.2, 0.25) is 5.43 Å². The van der Waals surface area contributed by atoms with Crippen LogP contribution in [0.15, 0.2) is 47.3 Å². The third-order valence-corrected chi connectivity index (χ3v) is 3.51. The van der Waals surface area contributed by atoms with E-state index in [9.17, 15) is 19.1 Å². The van der Waals surface area contributed by atoms with Crippen molar-refractivity contribution < 1.29 is 14.3 Å². The van der Waals surface area contributed by atoms with Crippen LogP contribution in [0.5, 0.6) is 0 Å². The number of carboxylic acids is 1. The number of benzene rings is 2. The van der Waals surface area contributed by atoms with E-state index in [0.717, 1.165) is 0 Å². The maximum absolute atomic E-state index is 13.3. The number of H-pyrrole nitrogens is 1. The van der Waals surface area contributed by atoms with Crippen molar-refractivity contribution in [2.24, 2.45) is 0 Å². The molecule has 0 atom stereocenters. The number of anilines is 2. The fraction of sp³-hybridized carbons (Fsp3) is 0. The fourth-order valence-corrected chi connectivity index (χ4v) is 2.44. The summed E-state index contributed by atoms with van der Waals surface area (Å²) in [5, 5.41) is 12.7. The summed E-state index contributed by atoms with van der Waals surface area (Å²) in [6.07, 6.45) is 0.